The maximum Gasteiger partial charge on any atom is 0.275 e. The Bertz CT molecular complexity index is 1390. The number of hydrogen-bond donors (Lipinski definition) is 1. The summed E-state index contributed by atoms with van der Waals surface area (Å²) in [5.41, 5.74) is 2.91. The molecule has 37 heavy (non-hydrogen) atoms. The van der Waals surface area contributed by atoms with Crippen LogP contribution < -0.4 is 10.1 Å². The monoisotopic (exact) mass is 498 g/mol. The second-order valence-corrected chi connectivity index (χ2v) is 10.5. The van der Waals surface area contributed by atoms with Gasteiger partial charge in [-0.1, -0.05) is 0 Å². The molecule has 2 bridgehead atoms. The molecule has 188 valence electrons. The second-order valence-electron chi connectivity index (χ2n) is 10.5. The SMILES string of the molecule is CO[C@H]1COC2c3c(Oc4c(C)cc(/C=C/C#N)cc4C)nc(NC45CC(C#N)(C4)C5)nc3C(=O)N2C1. The van der Waals surface area contributed by atoms with E-state index < -0.39 is 6.23 Å². The molecule has 1 unspecified atom stereocenters. The molecule has 2 aromatic rings. The van der Waals surface area contributed by atoms with E-state index in [1.807, 2.05) is 32.0 Å². The van der Waals surface area contributed by atoms with Crippen molar-refractivity contribution in [3.05, 3.63) is 46.2 Å². The number of rotatable bonds is 6. The highest BCUT2D eigenvalue weighted by atomic mass is 16.6. The topological polar surface area (TPSA) is 133 Å². The van der Waals surface area contributed by atoms with E-state index in [4.69, 9.17) is 24.5 Å². The molecule has 4 fully saturated rings. The number of methoxy groups -OCH3 is 1. The van der Waals surface area contributed by atoms with Gasteiger partial charge in [-0.3, -0.25) is 4.79 Å². The van der Waals surface area contributed by atoms with Gasteiger partial charge in [0.1, 0.15) is 11.4 Å². The van der Waals surface area contributed by atoms with Crippen molar-refractivity contribution in [1.82, 2.24) is 14.9 Å². The Morgan fingerprint density at radius 1 is 1.22 bits per heavy atom. The summed E-state index contributed by atoms with van der Waals surface area (Å²) in [6, 6.07) is 8.27. The van der Waals surface area contributed by atoms with Gasteiger partial charge in [-0.15, -0.1) is 0 Å². The van der Waals surface area contributed by atoms with Gasteiger partial charge in [-0.2, -0.15) is 15.5 Å². The first-order chi connectivity index (χ1) is 17.8. The van der Waals surface area contributed by atoms with Gasteiger partial charge >= 0.3 is 0 Å². The number of nitrogens with one attached hydrogen (secondary N) is 1. The highest BCUT2D eigenvalue weighted by molar-refractivity contribution is 5.98. The van der Waals surface area contributed by atoms with Crippen LogP contribution in [0.5, 0.6) is 11.6 Å². The van der Waals surface area contributed by atoms with E-state index in [0.717, 1.165) is 36.0 Å². The lowest BCUT2D eigenvalue weighted by Crippen LogP contribution is -2.70. The van der Waals surface area contributed by atoms with E-state index in [0.29, 0.717) is 30.4 Å². The van der Waals surface area contributed by atoms with E-state index in [1.165, 1.54) is 6.08 Å². The predicted octanol–water partition coefficient (Wildman–Crippen LogP) is 3.78. The molecule has 0 radical (unpaired) electrons. The predicted molar refractivity (Wildman–Crippen MR) is 131 cm³/mol. The van der Waals surface area contributed by atoms with Gasteiger partial charge in [0.15, 0.2) is 6.23 Å². The Morgan fingerprint density at radius 3 is 2.59 bits per heavy atom. The first-order valence-corrected chi connectivity index (χ1v) is 12.2. The fraction of sp³-hybridized carbons (Fsp3) is 0.444. The zero-order valence-corrected chi connectivity index (χ0v) is 20.9. The molecular formula is C27H26N6O4. The van der Waals surface area contributed by atoms with Crippen LogP contribution in [0.25, 0.3) is 6.08 Å². The lowest BCUT2D eigenvalue weighted by molar-refractivity contribution is -0.132. The molecule has 1 saturated heterocycles. The van der Waals surface area contributed by atoms with Crippen LogP contribution in [0.2, 0.25) is 0 Å². The van der Waals surface area contributed by atoms with Crippen LogP contribution >= 0.6 is 0 Å². The lowest BCUT2D eigenvalue weighted by atomic mass is 9.40. The number of aryl methyl sites for hydroxylation is 2. The van der Waals surface area contributed by atoms with E-state index in [1.54, 1.807) is 18.1 Å². The van der Waals surface area contributed by atoms with Gasteiger partial charge in [0.05, 0.1) is 42.4 Å². The Balaban J connectivity index is 1.39. The fourth-order valence-corrected chi connectivity index (χ4v) is 6.08. The van der Waals surface area contributed by atoms with Crippen LogP contribution in [0.15, 0.2) is 18.2 Å². The number of benzene rings is 1. The molecular weight excluding hydrogens is 472 g/mol. The number of anilines is 1. The quantitative estimate of drug-likeness (QED) is 0.591. The van der Waals surface area contributed by atoms with Crippen molar-refractivity contribution < 1.29 is 19.0 Å². The summed E-state index contributed by atoms with van der Waals surface area (Å²) >= 11 is 0. The summed E-state index contributed by atoms with van der Waals surface area (Å²) in [6.45, 7) is 4.56. The number of allylic oxidation sites excluding steroid dienone is 1. The van der Waals surface area contributed by atoms with Crippen LogP contribution in [0.3, 0.4) is 0 Å². The Kier molecular flexibility index (Phi) is 5.23. The molecule has 3 saturated carbocycles. The summed E-state index contributed by atoms with van der Waals surface area (Å²) < 4.78 is 17.9. The largest absolute Gasteiger partial charge is 0.438 e. The highest BCUT2D eigenvalue weighted by Crippen LogP contribution is 2.67. The van der Waals surface area contributed by atoms with E-state index in [-0.39, 0.29) is 34.5 Å². The van der Waals surface area contributed by atoms with Crippen LogP contribution in [0.4, 0.5) is 5.95 Å². The second kappa shape index (κ2) is 8.27. The zero-order valence-electron chi connectivity index (χ0n) is 20.9. The fourth-order valence-electron chi connectivity index (χ4n) is 6.08. The van der Waals surface area contributed by atoms with Gasteiger partial charge in [0.2, 0.25) is 11.8 Å². The number of carbonyl (C=O) groups is 1. The summed E-state index contributed by atoms with van der Waals surface area (Å²) in [7, 11) is 1.59. The average molecular weight is 499 g/mol. The van der Waals surface area contributed by atoms with Crippen molar-refractivity contribution in [3.8, 4) is 23.8 Å². The first kappa shape index (κ1) is 23.4. The molecule has 0 spiro atoms. The summed E-state index contributed by atoms with van der Waals surface area (Å²) in [4.78, 5) is 24.4. The Morgan fingerprint density at radius 2 is 1.95 bits per heavy atom. The van der Waals surface area contributed by atoms with Crippen molar-refractivity contribution in [2.24, 2.45) is 5.41 Å². The Labute approximate surface area is 214 Å². The van der Waals surface area contributed by atoms with Crippen molar-refractivity contribution in [1.29, 1.82) is 10.5 Å². The molecule has 1 N–H and O–H groups in total. The normalized spacial score (nSPS) is 29.0. The van der Waals surface area contributed by atoms with E-state index in [2.05, 4.69) is 16.4 Å². The number of nitrogens with zero attached hydrogens (tertiary/aromatic N) is 5. The number of hydrogen-bond acceptors (Lipinski definition) is 9. The molecule has 1 amide bonds. The molecule has 2 aliphatic heterocycles. The number of carbonyl (C=O) groups excluding carboxylic acids is 1. The van der Waals surface area contributed by atoms with Crippen molar-refractivity contribution in [2.45, 2.75) is 51.0 Å². The number of nitriles is 2. The van der Waals surface area contributed by atoms with Crippen LogP contribution in [0, 0.1) is 41.9 Å². The minimum atomic E-state index is -0.659. The van der Waals surface area contributed by atoms with Crippen molar-refractivity contribution >= 4 is 17.9 Å². The number of aromatic nitrogens is 2. The maximum absolute atomic E-state index is 13.4. The maximum atomic E-state index is 13.4. The first-order valence-electron chi connectivity index (χ1n) is 12.2. The van der Waals surface area contributed by atoms with Crippen LogP contribution in [-0.4, -0.2) is 52.7 Å². The number of fused-ring (bicyclic) bond motifs is 3. The van der Waals surface area contributed by atoms with Gasteiger partial charge in [0, 0.05) is 18.7 Å². The number of ether oxygens (including phenoxy) is 3. The smallest absolute Gasteiger partial charge is 0.275 e. The van der Waals surface area contributed by atoms with E-state index >= 15 is 0 Å². The highest BCUT2D eigenvalue weighted by Gasteiger charge is 2.69. The molecule has 1 aromatic heterocycles. The summed E-state index contributed by atoms with van der Waals surface area (Å²) in [6.07, 6.45) is 4.50. The third-order valence-electron chi connectivity index (χ3n) is 7.75. The summed E-state index contributed by atoms with van der Waals surface area (Å²) in [5.74, 6) is 0.928. The molecule has 10 nitrogen and oxygen atoms in total. The van der Waals surface area contributed by atoms with E-state index in [9.17, 15) is 10.1 Å². The van der Waals surface area contributed by atoms with Gasteiger partial charge in [-0.25, -0.2) is 4.98 Å². The molecule has 2 atom stereocenters. The standard InChI is InChI=1S/C27H26N6O4/c1-15-7-17(5-4-6-28)8-16(2)21(15)37-22-19-20(23(34)33-9-18(35-3)10-36-24(19)33)30-25(31-22)32-27-11-26(12-27,13-27)14-29/h4-5,7-8,18,24H,9-13H2,1-3H3,(H,30,31,32)/b5-4+/t18-,24?,26?,27?/m1/s1. The minimum absolute atomic E-state index is 0.214. The van der Waals surface area contributed by atoms with Crippen molar-refractivity contribution in [3.63, 3.8) is 0 Å². The molecule has 3 heterocycles. The molecule has 10 heteroatoms. The molecule has 5 aliphatic rings. The Hall–Kier alpha value is -3.99. The van der Waals surface area contributed by atoms with Gasteiger partial charge in [0.25, 0.3) is 5.91 Å². The third kappa shape index (κ3) is 3.64. The van der Waals surface area contributed by atoms with Crippen LogP contribution in [-0.2, 0) is 9.47 Å². The van der Waals surface area contributed by atoms with Crippen LogP contribution in [0.1, 0.15) is 58.2 Å². The summed E-state index contributed by atoms with van der Waals surface area (Å²) in [5, 5.41) is 21.6. The molecule has 7 rings (SSSR count). The average Bonchev–Trinajstić information content (AvgIpc) is 3.12. The van der Waals surface area contributed by atoms with Crippen molar-refractivity contribution in [2.75, 3.05) is 25.6 Å². The van der Waals surface area contributed by atoms with Gasteiger partial charge in [-0.05, 0) is 68.0 Å². The molecule has 3 aliphatic carbocycles. The third-order valence-corrected chi connectivity index (χ3v) is 7.75. The zero-order chi connectivity index (χ0) is 25.9. The number of amides is 1. The molecule has 1 aromatic carbocycles. The lowest BCUT2D eigenvalue weighted by Gasteiger charge is -2.66. The van der Waals surface area contributed by atoms with Gasteiger partial charge < -0.3 is 24.4 Å². The minimum Gasteiger partial charge on any atom is -0.438 e.